The lowest BCUT2D eigenvalue weighted by Crippen LogP contribution is -2.42. The summed E-state index contributed by atoms with van der Waals surface area (Å²) in [6.45, 7) is 1.59. The van der Waals surface area contributed by atoms with E-state index in [1.54, 1.807) is 6.92 Å². The molecule has 0 saturated carbocycles. The fourth-order valence-electron chi connectivity index (χ4n) is 1.45. The molecule has 0 aliphatic carbocycles. The number of nitrogens with one attached hydrogen (secondary N) is 1. The van der Waals surface area contributed by atoms with Crippen LogP contribution in [0.1, 0.15) is 19.0 Å². The molecule has 1 rings (SSSR count). The Labute approximate surface area is 124 Å². The van der Waals surface area contributed by atoms with Gasteiger partial charge in [0.25, 0.3) is 0 Å². The predicted octanol–water partition coefficient (Wildman–Crippen LogP) is 1.80. The maximum absolute atomic E-state index is 12.3. The minimum atomic E-state index is -4.58. The number of carbonyl (C=O) groups excluding carboxylic acids is 2. The topological polar surface area (TPSA) is 86.1 Å². The number of aromatic nitrogens is 1. The number of carbonyl (C=O) groups is 2. The van der Waals surface area contributed by atoms with E-state index in [4.69, 9.17) is 5.26 Å². The van der Waals surface area contributed by atoms with E-state index < -0.39 is 29.7 Å². The molecule has 1 heterocycles. The van der Waals surface area contributed by atoms with Gasteiger partial charge in [-0.2, -0.15) is 18.4 Å². The number of alkyl halides is 3. The number of halogens is 3. The number of rotatable bonds is 3. The molecular formula is C13H13F3N4O2. The van der Waals surface area contributed by atoms with Crippen LogP contribution in [0.4, 0.5) is 18.9 Å². The van der Waals surface area contributed by atoms with Gasteiger partial charge in [-0.15, -0.1) is 0 Å². The number of likely N-dealkylation sites (N-methyl/N-ethyl adjacent to an activating group) is 1. The van der Waals surface area contributed by atoms with Crippen LogP contribution >= 0.6 is 0 Å². The van der Waals surface area contributed by atoms with Crippen molar-refractivity contribution in [2.75, 3.05) is 12.4 Å². The molecule has 6 nitrogen and oxygen atoms in total. The highest BCUT2D eigenvalue weighted by Gasteiger charge is 2.32. The second-order valence-corrected chi connectivity index (χ2v) is 4.51. The highest BCUT2D eigenvalue weighted by atomic mass is 19.4. The first-order valence-corrected chi connectivity index (χ1v) is 6.15. The summed E-state index contributed by atoms with van der Waals surface area (Å²) in [6.07, 6.45) is -3.71. The number of anilines is 1. The molecule has 0 fully saturated rings. The zero-order valence-corrected chi connectivity index (χ0v) is 11.8. The molecule has 118 valence electrons. The van der Waals surface area contributed by atoms with Crippen molar-refractivity contribution in [2.24, 2.45) is 0 Å². The Morgan fingerprint density at radius 1 is 1.45 bits per heavy atom. The molecular weight excluding hydrogens is 301 g/mol. The number of nitrogens with zero attached hydrogens (tertiary/aromatic N) is 3. The van der Waals surface area contributed by atoms with Gasteiger partial charge in [-0.1, -0.05) is 0 Å². The van der Waals surface area contributed by atoms with Gasteiger partial charge in [0, 0.05) is 13.1 Å². The first kappa shape index (κ1) is 17.4. The van der Waals surface area contributed by atoms with E-state index in [0.717, 1.165) is 17.2 Å². The molecule has 0 saturated heterocycles. The summed E-state index contributed by atoms with van der Waals surface area (Å²) < 4.78 is 37.0. The van der Waals surface area contributed by atoms with E-state index in [2.05, 4.69) is 10.3 Å². The van der Waals surface area contributed by atoms with Gasteiger partial charge in [-0.25, -0.2) is 4.98 Å². The molecule has 0 aromatic carbocycles. The summed E-state index contributed by atoms with van der Waals surface area (Å²) in [6, 6.07) is 3.10. The molecule has 0 unspecified atom stereocenters. The SMILES string of the molecule is C[C@H](CC#N)N(C)C(=O)C(=O)Nc1ccc(C(F)(F)F)nc1. The van der Waals surface area contributed by atoms with Gasteiger partial charge in [0.1, 0.15) is 5.69 Å². The summed E-state index contributed by atoms with van der Waals surface area (Å²) in [5.41, 5.74) is -1.13. The molecule has 0 bridgehead atoms. The maximum atomic E-state index is 12.3. The van der Waals surface area contributed by atoms with Gasteiger partial charge in [0.15, 0.2) is 0 Å². The van der Waals surface area contributed by atoms with Crippen LogP contribution in [0.3, 0.4) is 0 Å². The second-order valence-electron chi connectivity index (χ2n) is 4.51. The molecule has 22 heavy (non-hydrogen) atoms. The van der Waals surface area contributed by atoms with Crippen LogP contribution in [0.15, 0.2) is 18.3 Å². The normalized spacial score (nSPS) is 12.2. The Kier molecular flexibility index (Phi) is 5.45. The van der Waals surface area contributed by atoms with Crippen LogP contribution in [-0.2, 0) is 15.8 Å². The van der Waals surface area contributed by atoms with Crippen molar-refractivity contribution < 1.29 is 22.8 Å². The average molecular weight is 314 g/mol. The van der Waals surface area contributed by atoms with E-state index in [1.165, 1.54) is 7.05 Å². The molecule has 0 aliphatic rings. The monoisotopic (exact) mass is 314 g/mol. The van der Waals surface area contributed by atoms with Gasteiger partial charge in [0.2, 0.25) is 0 Å². The maximum Gasteiger partial charge on any atom is 0.433 e. The van der Waals surface area contributed by atoms with Crippen LogP contribution in [0.2, 0.25) is 0 Å². The van der Waals surface area contributed by atoms with Crippen molar-refractivity contribution in [3.8, 4) is 6.07 Å². The van der Waals surface area contributed by atoms with Gasteiger partial charge < -0.3 is 10.2 Å². The zero-order chi connectivity index (χ0) is 16.9. The number of hydrogen-bond acceptors (Lipinski definition) is 4. The van der Waals surface area contributed by atoms with Crippen molar-refractivity contribution in [2.45, 2.75) is 25.6 Å². The fourth-order valence-corrected chi connectivity index (χ4v) is 1.45. The van der Waals surface area contributed by atoms with Gasteiger partial charge in [-0.05, 0) is 19.1 Å². The van der Waals surface area contributed by atoms with E-state index in [9.17, 15) is 22.8 Å². The highest BCUT2D eigenvalue weighted by molar-refractivity contribution is 6.39. The average Bonchev–Trinajstić information content (AvgIpc) is 2.45. The molecule has 0 aliphatic heterocycles. The molecule has 1 aromatic heterocycles. The molecule has 1 aromatic rings. The summed E-state index contributed by atoms with van der Waals surface area (Å²) in [5, 5.41) is 10.7. The first-order chi connectivity index (χ1) is 10.2. The summed E-state index contributed by atoms with van der Waals surface area (Å²) in [4.78, 5) is 27.7. The largest absolute Gasteiger partial charge is 0.433 e. The molecule has 0 spiro atoms. The minimum Gasteiger partial charge on any atom is -0.334 e. The number of pyridine rings is 1. The standard InChI is InChI=1S/C13H13F3N4O2/c1-8(5-6-17)20(2)12(22)11(21)19-9-3-4-10(18-7-9)13(14,15)16/h3-4,7-8H,5H2,1-2H3,(H,19,21)/t8-/m1/s1. The zero-order valence-electron chi connectivity index (χ0n) is 11.8. The highest BCUT2D eigenvalue weighted by Crippen LogP contribution is 2.27. The Balaban J connectivity index is 2.73. The molecule has 2 amide bonds. The van der Waals surface area contributed by atoms with Crippen molar-refractivity contribution in [1.29, 1.82) is 5.26 Å². The van der Waals surface area contributed by atoms with Crippen LogP contribution in [0.5, 0.6) is 0 Å². The van der Waals surface area contributed by atoms with Crippen molar-refractivity contribution in [3.63, 3.8) is 0 Å². The Bertz CT molecular complexity index is 593. The quantitative estimate of drug-likeness (QED) is 0.862. The van der Waals surface area contributed by atoms with E-state index >= 15 is 0 Å². The smallest absolute Gasteiger partial charge is 0.334 e. The number of amides is 2. The molecule has 1 atom stereocenters. The minimum absolute atomic E-state index is 0.0345. The first-order valence-electron chi connectivity index (χ1n) is 6.15. The Morgan fingerprint density at radius 3 is 2.55 bits per heavy atom. The van der Waals surface area contributed by atoms with E-state index in [-0.39, 0.29) is 12.1 Å². The Morgan fingerprint density at radius 2 is 2.09 bits per heavy atom. The molecule has 0 radical (unpaired) electrons. The third kappa shape index (κ3) is 4.44. The summed E-state index contributed by atoms with van der Waals surface area (Å²) in [5.74, 6) is -1.92. The lowest BCUT2D eigenvalue weighted by molar-refractivity contribution is -0.143. The third-order valence-electron chi connectivity index (χ3n) is 2.87. The lowest BCUT2D eigenvalue weighted by Gasteiger charge is -2.22. The predicted molar refractivity (Wildman–Crippen MR) is 70.3 cm³/mol. The van der Waals surface area contributed by atoms with Crippen molar-refractivity contribution in [1.82, 2.24) is 9.88 Å². The third-order valence-corrected chi connectivity index (χ3v) is 2.87. The number of hydrogen-bond donors (Lipinski definition) is 1. The summed E-state index contributed by atoms with van der Waals surface area (Å²) >= 11 is 0. The Hall–Kier alpha value is -2.63. The van der Waals surface area contributed by atoms with Gasteiger partial charge in [0.05, 0.1) is 24.4 Å². The fraction of sp³-hybridized carbons (Fsp3) is 0.385. The number of nitriles is 1. The van der Waals surface area contributed by atoms with Crippen LogP contribution in [-0.4, -0.2) is 34.8 Å². The van der Waals surface area contributed by atoms with Crippen LogP contribution < -0.4 is 5.32 Å². The van der Waals surface area contributed by atoms with E-state index in [0.29, 0.717) is 6.07 Å². The second kappa shape index (κ2) is 6.89. The van der Waals surface area contributed by atoms with Crippen LogP contribution in [0, 0.1) is 11.3 Å². The van der Waals surface area contributed by atoms with Crippen molar-refractivity contribution >= 4 is 17.5 Å². The van der Waals surface area contributed by atoms with Gasteiger partial charge in [-0.3, -0.25) is 9.59 Å². The van der Waals surface area contributed by atoms with Crippen molar-refractivity contribution in [3.05, 3.63) is 24.0 Å². The molecule has 1 N–H and O–H groups in total. The van der Waals surface area contributed by atoms with E-state index in [1.807, 2.05) is 6.07 Å². The lowest BCUT2D eigenvalue weighted by atomic mass is 10.2. The van der Waals surface area contributed by atoms with Crippen LogP contribution in [0.25, 0.3) is 0 Å². The molecule has 9 heteroatoms. The summed E-state index contributed by atoms with van der Waals surface area (Å²) in [7, 11) is 1.36. The van der Waals surface area contributed by atoms with Gasteiger partial charge >= 0.3 is 18.0 Å².